The molecule has 0 aliphatic rings. The van der Waals surface area contributed by atoms with Gasteiger partial charge in [-0.2, -0.15) is 12.6 Å². The number of Topliss-reactive ketones (excluding diaryl/α,β-unsaturated/α-hetero) is 1. The van der Waals surface area contributed by atoms with Crippen LogP contribution in [0.1, 0.15) is 8.35 Å². The van der Waals surface area contributed by atoms with E-state index in [2.05, 4.69) is 17.4 Å². The summed E-state index contributed by atoms with van der Waals surface area (Å²) in [5.41, 5.74) is 0. The van der Waals surface area contributed by atoms with E-state index in [0.29, 0.717) is 5.75 Å². The predicted molar refractivity (Wildman–Crippen MR) is 36.6 cm³/mol. The molecule has 0 unspecified atom stereocenters. The number of esters is 1. The molecule has 5 heteroatoms. The van der Waals surface area contributed by atoms with Gasteiger partial charge < -0.3 is 6.16 Å². The van der Waals surface area contributed by atoms with Crippen LogP contribution in [0.3, 0.4) is 0 Å². The zero-order valence-electron chi connectivity index (χ0n) is 7.09. The van der Waals surface area contributed by atoms with Gasteiger partial charge in [0.15, 0.2) is 0 Å². The molecule has 54 valence electrons. The number of carbonyl (C=O) groups excluding carboxylic acids is 2. The van der Waals surface area contributed by atoms with Gasteiger partial charge in [0.2, 0.25) is 5.78 Å². The van der Waals surface area contributed by atoms with E-state index in [-0.39, 0.29) is 37.6 Å². The Morgan fingerprint density at radius 2 is 2.10 bits per heavy atom. The van der Waals surface area contributed by atoms with Gasteiger partial charge in [-0.25, -0.2) is 4.79 Å². The van der Waals surface area contributed by atoms with Crippen molar-refractivity contribution in [2.45, 2.75) is 6.92 Å². The maximum Gasteiger partial charge on any atom is 1.00 e. The molecule has 0 N–H and O–H groups in total. The minimum Gasteiger partial charge on any atom is -1.00 e. The van der Waals surface area contributed by atoms with Crippen LogP contribution in [0.2, 0.25) is 0 Å². The van der Waals surface area contributed by atoms with E-state index in [1.54, 1.807) is 0 Å². The molecule has 0 aromatic rings. The van der Waals surface area contributed by atoms with Gasteiger partial charge in [0.25, 0.3) is 0 Å². The van der Waals surface area contributed by atoms with Gasteiger partial charge in [0.1, 0.15) is 6.61 Å². The zero-order chi connectivity index (χ0) is 7.28. The minimum absolute atomic E-state index is 0. The molecule has 0 saturated heterocycles. The summed E-state index contributed by atoms with van der Waals surface area (Å²) in [5.74, 6) is -0.917. The second kappa shape index (κ2) is 7.60. The molecule has 3 nitrogen and oxygen atoms in total. The van der Waals surface area contributed by atoms with E-state index >= 15 is 0 Å². The molecule has 0 aromatic carbocycles. The fourth-order valence-corrected chi connectivity index (χ4v) is 0.331. The number of ether oxygens (including phenoxy) is 1. The topological polar surface area (TPSA) is 43.4 Å². The second-order valence-electron chi connectivity index (χ2n) is 1.42. The van der Waals surface area contributed by atoms with Gasteiger partial charge in [-0.05, 0) is 0 Å². The Morgan fingerprint density at radius 3 is 2.40 bits per heavy atom. The van der Waals surface area contributed by atoms with Crippen molar-refractivity contribution in [3.63, 3.8) is 0 Å². The average molecular weight is 172 g/mol. The summed E-state index contributed by atoms with van der Waals surface area (Å²) in [6, 6.07) is 0. The fourth-order valence-electron chi connectivity index (χ4n) is 0.240. The first-order valence-corrected chi connectivity index (χ1v) is 3.10. The number of hydrogen-bond donors (Lipinski definition) is 1. The first kappa shape index (κ1) is 13.1. The molecule has 0 fully saturated rings. The summed E-state index contributed by atoms with van der Waals surface area (Å²) < 4.78 is 4.39. The van der Waals surface area contributed by atoms with Crippen molar-refractivity contribution < 1.29 is 45.3 Å². The van der Waals surface area contributed by atoms with Gasteiger partial charge in [0.05, 0.1) is 0 Å². The Balaban J connectivity index is -0.000000320. The average Bonchev–Trinajstić information content (AvgIpc) is 1.82. The number of thiol groups is 1. The summed E-state index contributed by atoms with van der Waals surface area (Å²) in [6.45, 7) is 1.36. The van der Waals surface area contributed by atoms with E-state index in [0.717, 1.165) is 0 Å². The van der Waals surface area contributed by atoms with Crippen LogP contribution in [0, 0.1) is 0 Å². The van der Waals surface area contributed by atoms with Crippen LogP contribution >= 0.6 is 12.6 Å². The normalized spacial score (nSPS) is 7.80. The molecule has 10 heavy (non-hydrogen) atoms. The van der Waals surface area contributed by atoms with Crippen molar-refractivity contribution in [2.75, 3.05) is 12.4 Å². The van der Waals surface area contributed by atoms with Crippen LogP contribution in [0.15, 0.2) is 0 Å². The van der Waals surface area contributed by atoms with Gasteiger partial charge in [-0.1, -0.05) is 0 Å². The van der Waals surface area contributed by atoms with Gasteiger partial charge >= 0.3 is 35.5 Å². The summed E-state index contributed by atoms with van der Waals surface area (Å²) in [6.07, 6.45) is 0. The van der Waals surface area contributed by atoms with Crippen molar-refractivity contribution in [1.29, 1.82) is 0 Å². The Kier molecular flexibility index (Phi) is 9.96. The standard InChI is InChI=1S/C5H8O3S.Na.H/c1-4(6)5(7)8-2-3-9;;/h9H,2-3H2,1H3;;/q;+1;-1. The first-order chi connectivity index (χ1) is 4.18. The molecule has 0 aliphatic heterocycles. The smallest absolute Gasteiger partial charge is 1.00 e. The Labute approximate surface area is 88.7 Å². The van der Waals surface area contributed by atoms with Gasteiger partial charge in [-0.3, -0.25) is 4.79 Å². The van der Waals surface area contributed by atoms with Crippen LogP contribution in [0.4, 0.5) is 0 Å². The third-order valence-corrected chi connectivity index (χ3v) is 0.794. The molecule has 0 heterocycles. The summed E-state index contributed by atoms with van der Waals surface area (Å²) in [5, 5.41) is 0. The van der Waals surface area contributed by atoms with E-state index in [9.17, 15) is 9.59 Å². The van der Waals surface area contributed by atoms with Crippen molar-refractivity contribution in [1.82, 2.24) is 0 Å². The summed E-state index contributed by atoms with van der Waals surface area (Å²) in [7, 11) is 0. The summed E-state index contributed by atoms with van der Waals surface area (Å²) >= 11 is 3.78. The Hall–Kier alpha value is 0.490. The second-order valence-corrected chi connectivity index (χ2v) is 1.86. The largest absolute Gasteiger partial charge is 1.00 e. The third kappa shape index (κ3) is 6.61. The molecule has 0 bridgehead atoms. The molecule has 0 spiro atoms. The molecule has 0 aromatic heterocycles. The van der Waals surface area contributed by atoms with Gasteiger partial charge in [0, 0.05) is 12.7 Å². The molecule has 0 amide bonds. The SMILES string of the molecule is CC(=O)C(=O)OCCS.[H-].[Na+]. The fraction of sp³-hybridized carbons (Fsp3) is 0.600. The van der Waals surface area contributed by atoms with Crippen LogP contribution < -0.4 is 29.6 Å². The van der Waals surface area contributed by atoms with Crippen molar-refractivity contribution in [3.8, 4) is 0 Å². The molecule has 0 atom stereocenters. The minimum atomic E-state index is -0.788. The first-order valence-electron chi connectivity index (χ1n) is 2.47. The maximum absolute atomic E-state index is 10.3. The zero-order valence-corrected chi connectivity index (χ0v) is 8.98. The number of carbonyl (C=O) groups is 2. The van der Waals surface area contributed by atoms with Crippen LogP contribution in [-0.4, -0.2) is 24.1 Å². The summed E-state index contributed by atoms with van der Waals surface area (Å²) in [4.78, 5) is 20.4. The van der Waals surface area contributed by atoms with Crippen LogP contribution in [0.5, 0.6) is 0 Å². The maximum atomic E-state index is 10.3. The van der Waals surface area contributed by atoms with Crippen LogP contribution in [-0.2, 0) is 14.3 Å². The Bertz CT molecular complexity index is 131. The van der Waals surface area contributed by atoms with E-state index < -0.39 is 11.8 Å². The number of hydrogen-bond acceptors (Lipinski definition) is 4. The molecular weight excluding hydrogens is 163 g/mol. The number of ketones is 1. The molecule has 0 radical (unpaired) electrons. The van der Waals surface area contributed by atoms with E-state index in [1.165, 1.54) is 6.92 Å². The number of rotatable bonds is 3. The molecular formula is C5H9NaO3S. The molecule has 0 aliphatic carbocycles. The molecule has 0 rings (SSSR count). The quantitative estimate of drug-likeness (QED) is 0.216. The van der Waals surface area contributed by atoms with Crippen molar-refractivity contribution in [3.05, 3.63) is 0 Å². The van der Waals surface area contributed by atoms with Crippen molar-refractivity contribution in [2.24, 2.45) is 0 Å². The predicted octanol–water partition coefficient (Wildman–Crippen LogP) is -2.84. The third-order valence-electron chi connectivity index (χ3n) is 0.612. The Morgan fingerprint density at radius 1 is 1.60 bits per heavy atom. The monoisotopic (exact) mass is 172 g/mol. The van der Waals surface area contributed by atoms with E-state index in [4.69, 9.17) is 0 Å². The van der Waals surface area contributed by atoms with Crippen LogP contribution in [0.25, 0.3) is 0 Å². The van der Waals surface area contributed by atoms with E-state index in [1.807, 2.05) is 0 Å². The van der Waals surface area contributed by atoms with Gasteiger partial charge in [-0.15, -0.1) is 0 Å². The molecule has 0 saturated carbocycles. The van der Waals surface area contributed by atoms with Crippen molar-refractivity contribution >= 4 is 24.4 Å².